The van der Waals surface area contributed by atoms with Crippen LogP contribution in [0, 0.1) is 12.8 Å². The predicted molar refractivity (Wildman–Crippen MR) is 85.2 cm³/mol. The van der Waals surface area contributed by atoms with Gasteiger partial charge in [-0.25, -0.2) is 4.98 Å². The second kappa shape index (κ2) is 6.40. The summed E-state index contributed by atoms with van der Waals surface area (Å²) in [4.78, 5) is 30.9. The lowest BCUT2D eigenvalue weighted by molar-refractivity contribution is -0.149. The molecule has 6 heteroatoms. The molecule has 122 valence electrons. The summed E-state index contributed by atoms with van der Waals surface area (Å²) in [5.74, 6) is 0.220. The summed E-state index contributed by atoms with van der Waals surface area (Å²) in [5.41, 5.74) is 1.25. The third-order valence-electron chi connectivity index (χ3n) is 4.26. The van der Waals surface area contributed by atoms with Crippen molar-refractivity contribution in [3.8, 4) is 0 Å². The van der Waals surface area contributed by atoms with Crippen molar-refractivity contribution >= 4 is 17.4 Å². The van der Waals surface area contributed by atoms with Gasteiger partial charge in [-0.1, -0.05) is 6.07 Å². The summed E-state index contributed by atoms with van der Waals surface area (Å²) in [6.45, 7) is 5.10. The molecule has 0 aliphatic carbocycles. The van der Waals surface area contributed by atoms with E-state index in [1.54, 1.807) is 11.8 Å². The maximum absolute atomic E-state index is 12.9. The molecule has 0 saturated carbocycles. The maximum Gasteiger partial charge on any atom is 0.310 e. The zero-order valence-corrected chi connectivity index (χ0v) is 13.5. The number of fused-ring (bicyclic) bond motifs is 1. The molecule has 1 atom stereocenters. The second-order valence-electron chi connectivity index (χ2n) is 5.81. The standard InChI is InChI=1S/C17H21N3O3/c1-3-23-17(22)13-7-6-9-19(11-13)16(21)15-14-8-4-5-10-20(14)12(2)18-15/h4-5,8,10,13H,3,6-7,9,11H2,1-2H3. The molecule has 0 radical (unpaired) electrons. The van der Waals surface area contributed by atoms with Crippen LogP contribution < -0.4 is 0 Å². The first kappa shape index (κ1) is 15.5. The van der Waals surface area contributed by atoms with Gasteiger partial charge in [-0.05, 0) is 38.8 Å². The van der Waals surface area contributed by atoms with Gasteiger partial charge in [-0.15, -0.1) is 0 Å². The Morgan fingerprint density at radius 2 is 2.22 bits per heavy atom. The van der Waals surface area contributed by atoms with Gasteiger partial charge in [0.05, 0.1) is 18.0 Å². The Kier molecular flexibility index (Phi) is 4.32. The quantitative estimate of drug-likeness (QED) is 0.813. The number of likely N-dealkylation sites (tertiary alicyclic amines) is 1. The molecule has 3 heterocycles. The fraction of sp³-hybridized carbons (Fsp3) is 0.471. The van der Waals surface area contributed by atoms with Crippen LogP contribution in [0.5, 0.6) is 0 Å². The SMILES string of the molecule is CCOC(=O)C1CCCN(C(=O)c2nc(C)n3ccccc23)C1. The topological polar surface area (TPSA) is 63.9 Å². The van der Waals surface area contributed by atoms with Crippen LogP contribution in [-0.4, -0.2) is 45.9 Å². The highest BCUT2D eigenvalue weighted by Crippen LogP contribution is 2.21. The van der Waals surface area contributed by atoms with Crippen LogP contribution in [0.15, 0.2) is 24.4 Å². The molecule has 0 bridgehead atoms. The van der Waals surface area contributed by atoms with Crippen molar-refractivity contribution in [3.63, 3.8) is 0 Å². The number of rotatable bonds is 3. The van der Waals surface area contributed by atoms with Gasteiger partial charge in [0.1, 0.15) is 5.82 Å². The van der Waals surface area contributed by atoms with Gasteiger partial charge >= 0.3 is 5.97 Å². The number of pyridine rings is 1. The summed E-state index contributed by atoms with van der Waals surface area (Å²) in [6, 6.07) is 5.69. The number of carbonyl (C=O) groups is 2. The number of hydrogen-bond donors (Lipinski definition) is 0. The van der Waals surface area contributed by atoms with Crippen molar-refractivity contribution in [1.82, 2.24) is 14.3 Å². The van der Waals surface area contributed by atoms with Gasteiger partial charge in [0.2, 0.25) is 0 Å². The summed E-state index contributed by atoms with van der Waals surface area (Å²) in [5, 5.41) is 0. The van der Waals surface area contributed by atoms with Gasteiger partial charge in [0, 0.05) is 19.3 Å². The lowest BCUT2D eigenvalue weighted by Gasteiger charge is -2.31. The third-order valence-corrected chi connectivity index (χ3v) is 4.26. The molecule has 0 N–H and O–H groups in total. The van der Waals surface area contributed by atoms with Crippen molar-refractivity contribution < 1.29 is 14.3 Å². The first-order valence-electron chi connectivity index (χ1n) is 8.01. The van der Waals surface area contributed by atoms with E-state index in [9.17, 15) is 9.59 Å². The third kappa shape index (κ3) is 2.93. The monoisotopic (exact) mass is 315 g/mol. The fourth-order valence-electron chi connectivity index (χ4n) is 3.11. The molecule has 1 aliphatic rings. The normalized spacial score (nSPS) is 18.2. The number of esters is 1. The second-order valence-corrected chi connectivity index (χ2v) is 5.81. The van der Waals surface area contributed by atoms with E-state index in [2.05, 4.69) is 4.98 Å². The number of aromatic nitrogens is 2. The Morgan fingerprint density at radius 1 is 1.39 bits per heavy atom. The van der Waals surface area contributed by atoms with E-state index >= 15 is 0 Å². The fourth-order valence-corrected chi connectivity index (χ4v) is 3.11. The van der Waals surface area contributed by atoms with Crippen LogP contribution in [0.2, 0.25) is 0 Å². The van der Waals surface area contributed by atoms with Crippen LogP contribution in [0.3, 0.4) is 0 Å². The van der Waals surface area contributed by atoms with Crippen LogP contribution in [0.1, 0.15) is 36.1 Å². The number of hydrogen-bond acceptors (Lipinski definition) is 4. The van der Waals surface area contributed by atoms with Gasteiger partial charge in [-0.3, -0.25) is 9.59 Å². The largest absolute Gasteiger partial charge is 0.466 e. The van der Waals surface area contributed by atoms with E-state index < -0.39 is 0 Å². The Hall–Kier alpha value is -2.37. The highest BCUT2D eigenvalue weighted by atomic mass is 16.5. The molecule has 1 amide bonds. The van der Waals surface area contributed by atoms with Gasteiger partial charge in [-0.2, -0.15) is 0 Å². The minimum atomic E-state index is -0.234. The Labute approximate surface area is 135 Å². The van der Waals surface area contributed by atoms with Crippen molar-refractivity contribution in [2.45, 2.75) is 26.7 Å². The Bertz CT molecular complexity index is 738. The molecule has 2 aromatic heterocycles. The minimum Gasteiger partial charge on any atom is -0.466 e. The molecular formula is C17H21N3O3. The van der Waals surface area contributed by atoms with Gasteiger partial charge in [0.25, 0.3) is 5.91 Å². The smallest absolute Gasteiger partial charge is 0.310 e. The lowest BCUT2D eigenvalue weighted by Crippen LogP contribution is -2.43. The molecule has 0 aromatic carbocycles. The highest BCUT2D eigenvalue weighted by Gasteiger charge is 2.31. The van der Waals surface area contributed by atoms with Gasteiger partial charge in [0.15, 0.2) is 5.69 Å². The van der Waals surface area contributed by atoms with E-state index in [4.69, 9.17) is 4.74 Å². The molecule has 1 saturated heterocycles. The van der Waals surface area contributed by atoms with E-state index in [1.165, 1.54) is 0 Å². The summed E-state index contributed by atoms with van der Waals surface area (Å²) >= 11 is 0. The Morgan fingerprint density at radius 3 is 3.00 bits per heavy atom. The average molecular weight is 315 g/mol. The number of piperidine rings is 1. The number of ether oxygens (including phenoxy) is 1. The number of aryl methyl sites for hydroxylation is 1. The van der Waals surface area contributed by atoms with E-state index in [1.807, 2.05) is 35.7 Å². The summed E-state index contributed by atoms with van der Waals surface area (Å²) in [7, 11) is 0. The highest BCUT2D eigenvalue weighted by molar-refractivity contribution is 5.99. The van der Waals surface area contributed by atoms with Crippen LogP contribution >= 0.6 is 0 Å². The molecule has 1 fully saturated rings. The molecule has 0 spiro atoms. The van der Waals surface area contributed by atoms with Crippen molar-refractivity contribution in [1.29, 1.82) is 0 Å². The number of amides is 1. The Balaban J connectivity index is 1.83. The van der Waals surface area contributed by atoms with Crippen LogP contribution in [-0.2, 0) is 9.53 Å². The maximum atomic E-state index is 12.9. The number of imidazole rings is 1. The molecule has 6 nitrogen and oxygen atoms in total. The number of carbonyl (C=O) groups excluding carboxylic acids is 2. The average Bonchev–Trinajstić information content (AvgIpc) is 2.92. The summed E-state index contributed by atoms with van der Waals surface area (Å²) in [6.07, 6.45) is 3.47. The number of nitrogens with zero attached hydrogens (tertiary/aromatic N) is 3. The van der Waals surface area contributed by atoms with Crippen LogP contribution in [0.25, 0.3) is 5.52 Å². The van der Waals surface area contributed by atoms with E-state index in [0.29, 0.717) is 25.4 Å². The first-order chi connectivity index (χ1) is 11.1. The first-order valence-corrected chi connectivity index (χ1v) is 8.01. The van der Waals surface area contributed by atoms with E-state index in [0.717, 1.165) is 24.2 Å². The summed E-state index contributed by atoms with van der Waals surface area (Å²) < 4.78 is 7.00. The molecule has 23 heavy (non-hydrogen) atoms. The predicted octanol–water partition coefficient (Wildman–Crippen LogP) is 2.06. The van der Waals surface area contributed by atoms with Crippen molar-refractivity contribution in [3.05, 3.63) is 35.9 Å². The van der Waals surface area contributed by atoms with Crippen molar-refractivity contribution in [2.75, 3.05) is 19.7 Å². The molecule has 1 aliphatic heterocycles. The minimum absolute atomic E-state index is 0.115. The van der Waals surface area contributed by atoms with E-state index in [-0.39, 0.29) is 17.8 Å². The zero-order chi connectivity index (χ0) is 16.4. The zero-order valence-electron chi connectivity index (χ0n) is 13.5. The molecule has 1 unspecified atom stereocenters. The molecular weight excluding hydrogens is 294 g/mol. The van der Waals surface area contributed by atoms with Crippen LogP contribution in [0.4, 0.5) is 0 Å². The molecule has 3 rings (SSSR count). The molecule has 2 aromatic rings. The van der Waals surface area contributed by atoms with Gasteiger partial charge < -0.3 is 14.0 Å². The van der Waals surface area contributed by atoms with Crippen molar-refractivity contribution in [2.24, 2.45) is 5.92 Å². The lowest BCUT2D eigenvalue weighted by atomic mass is 9.98.